The van der Waals surface area contributed by atoms with Gasteiger partial charge >= 0.3 is 0 Å². The summed E-state index contributed by atoms with van der Waals surface area (Å²) in [4.78, 5) is 4.59. The molecule has 120 valence electrons. The molecular weight excluding hydrogens is 328 g/mol. The molecule has 3 rings (SSSR count). The Morgan fingerprint density at radius 2 is 1.78 bits per heavy atom. The molecule has 0 saturated carbocycles. The molecule has 0 atom stereocenters. The fraction of sp³-hybridized carbons (Fsp3) is 0.235. The molecule has 4 nitrogen and oxygen atoms in total. The molecule has 0 saturated heterocycles. The second-order valence-electron chi connectivity index (χ2n) is 5.82. The Balaban J connectivity index is 1.89. The molecule has 6 heteroatoms. The number of aromatic nitrogens is 1. The van der Waals surface area contributed by atoms with Crippen molar-refractivity contribution < 1.29 is 8.42 Å². The number of rotatable bonds is 4. The van der Waals surface area contributed by atoms with Crippen molar-refractivity contribution in [3.63, 3.8) is 0 Å². The van der Waals surface area contributed by atoms with Crippen LogP contribution in [0.3, 0.4) is 0 Å². The minimum Gasteiger partial charge on any atom is -0.255 e. The van der Waals surface area contributed by atoms with Crippen molar-refractivity contribution in [3.8, 4) is 0 Å². The number of thiazole rings is 1. The van der Waals surface area contributed by atoms with Crippen LogP contribution < -0.4 is 4.72 Å². The summed E-state index contributed by atoms with van der Waals surface area (Å²) in [7, 11) is -3.62. The lowest BCUT2D eigenvalue weighted by Crippen LogP contribution is -2.12. The van der Waals surface area contributed by atoms with E-state index in [9.17, 15) is 8.42 Å². The maximum atomic E-state index is 12.5. The normalized spacial score (nSPS) is 12.0. The fourth-order valence-corrected chi connectivity index (χ4v) is 4.48. The first kappa shape index (κ1) is 16.0. The van der Waals surface area contributed by atoms with Crippen molar-refractivity contribution in [2.24, 2.45) is 0 Å². The van der Waals surface area contributed by atoms with E-state index < -0.39 is 10.0 Å². The van der Waals surface area contributed by atoms with Gasteiger partial charge in [0.1, 0.15) is 0 Å². The van der Waals surface area contributed by atoms with Crippen molar-refractivity contribution >= 4 is 36.7 Å². The molecule has 23 heavy (non-hydrogen) atoms. The number of benzene rings is 2. The Kier molecular flexibility index (Phi) is 4.12. The highest BCUT2D eigenvalue weighted by molar-refractivity contribution is 7.93. The molecule has 2 aromatic carbocycles. The second kappa shape index (κ2) is 5.94. The molecule has 0 radical (unpaired) electrons. The number of hydrogen-bond acceptors (Lipinski definition) is 4. The number of aryl methyl sites for hydroxylation is 1. The van der Waals surface area contributed by atoms with Gasteiger partial charge in [-0.3, -0.25) is 4.72 Å². The first-order chi connectivity index (χ1) is 10.8. The third-order valence-electron chi connectivity index (χ3n) is 3.62. The van der Waals surface area contributed by atoms with Crippen molar-refractivity contribution in [2.45, 2.75) is 31.6 Å². The minimum atomic E-state index is -3.62. The van der Waals surface area contributed by atoms with Crippen LogP contribution in [0.15, 0.2) is 47.4 Å². The maximum absolute atomic E-state index is 12.5. The summed E-state index contributed by atoms with van der Waals surface area (Å²) in [6.07, 6.45) is 0. The number of fused-ring (bicyclic) bond motifs is 1. The average Bonchev–Trinajstić information content (AvgIpc) is 2.87. The average molecular weight is 346 g/mol. The first-order valence-electron chi connectivity index (χ1n) is 7.35. The Labute approximate surface area is 140 Å². The van der Waals surface area contributed by atoms with Gasteiger partial charge in [-0.1, -0.05) is 43.4 Å². The Morgan fingerprint density at radius 1 is 1.09 bits per heavy atom. The molecule has 0 amide bonds. The number of nitrogens with zero attached hydrogens (tertiary/aromatic N) is 1. The molecule has 0 aliphatic carbocycles. The van der Waals surface area contributed by atoms with Gasteiger partial charge in [0.15, 0.2) is 5.13 Å². The summed E-state index contributed by atoms with van der Waals surface area (Å²) in [6, 6.07) is 12.8. The Bertz CT molecular complexity index is 942. The Hall–Kier alpha value is -1.92. The monoisotopic (exact) mass is 346 g/mol. The molecule has 0 aliphatic heterocycles. The van der Waals surface area contributed by atoms with Crippen LogP contribution in [0, 0.1) is 6.92 Å². The van der Waals surface area contributed by atoms with Crippen LogP contribution in [-0.2, 0) is 10.0 Å². The topological polar surface area (TPSA) is 59.1 Å². The van der Waals surface area contributed by atoms with Crippen LogP contribution in [0.1, 0.15) is 30.9 Å². The van der Waals surface area contributed by atoms with E-state index in [1.165, 1.54) is 11.3 Å². The molecule has 1 aromatic heterocycles. The van der Waals surface area contributed by atoms with Crippen LogP contribution in [0.25, 0.3) is 10.2 Å². The van der Waals surface area contributed by atoms with Crippen LogP contribution in [0.4, 0.5) is 5.13 Å². The van der Waals surface area contributed by atoms with Crippen molar-refractivity contribution in [3.05, 3.63) is 53.6 Å². The summed E-state index contributed by atoms with van der Waals surface area (Å²) in [6.45, 7) is 6.15. The maximum Gasteiger partial charge on any atom is 0.263 e. The number of hydrogen-bond donors (Lipinski definition) is 1. The molecule has 0 unspecified atom stereocenters. The lowest BCUT2D eigenvalue weighted by molar-refractivity contribution is 0.601. The first-order valence-corrected chi connectivity index (χ1v) is 9.65. The molecule has 0 spiro atoms. The van der Waals surface area contributed by atoms with Gasteiger partial charge in [0, 0.05) is 0 Å². The third-order valence-corrected chi connectivity index (χ3v) is 6.04. The zero-order chi connectivity index (χ0) is 16.6. The van der Waals surface area contributed by atoms with Crippen LogP contribution >= 0.6 is 11.3 Å². The highest BCUT2D eigenvalue weighted by Crippen LogP contribution is 2.28. The summed E-state index contributed by atoms with van der Waals surface area (Å²) in [5.41, 5.74) is 3.03. The van der Waals surface area contributed by atoms with Gasteiger partial charge in [-0.2, -0.15) is 0 Å². The van der Waals surface area contributed by atoms with Crippen LogP contribution in [0.5, 0.6) is 0 Å². The number of anilines is 1. The van der Waals surface area contributed by atoms with E-state index in [0.717, 1.165) is 21.3 Å². The molecule has 0 fully saturated rings. The lowest BCUT2D eigenvalue weighted by atomic mass is 10.0. The summed E-state index contributed by atoms with van der Waals surface area (Å²) >= 11 is 1.34. The summed E-state index contributed by atoms with van der Waals surface area (Å²) < 4.78 is 28.5. The molecule has 1 N–H and O–H groups in total. The smallest absolute Gasteiger partial charge is 0.255 e. The summed E-state index contributed by atoms with van der Waals surface area (Å²) in [5, 5.41) is 0.388. The molecular formula is C17H18N2O2S2. The van der Waals surface area contributed by atoms with E-state index in [2.05, 4.69) is 23.6 Å². The number of sulfonamides is 1. The van der Waals surface area contributed by atoms with Gasteiger partial charge in [0.2, 0.25) is 0 Å². The highest BCUT2D eigenvalue weighted by atomic mass is 32.2. The SMILES string of the molecule is Cc1ccc2nc(NS(=O)(=O)c3ccc(C(C)C)cc3)sc2c1. The van der Waals surface area contributed by atoms with E-state index >= 15 is 0 Å². The van der Waals surface area contributed by atoms with Gasteiger partial charge in [-0.25, -0.2) is 13.4 Å². The van der Waals surface area contributed by atoms with Gasteiger partial charge in [-0.15, -0.1) is 0 Å². The Morgan fingerprint density at radius 3 is 2.43 bits per heavy atom. The van der Waals surface area contributed by atoms with Crippen LogP contribution in [0.2, 0.25) is 0 Å². The van der Waals surface area contributed by atoms with E-state index in [1.807, 2.05) is 37.3 Å². The third kappa shape index (κ3) is 3.38. The van der Waals surface area contributed by atoms with E-state index in [-0.39, 0.29) is 4.90 Å². The van der Waals surface area contributed by atoms with E-state index in [4.69, 9.17) is 0 Å². The number of nitrogens with one attached hydrogen (secondary N) is 1. The predicted octanol–water partition coefficient (Wildman–Crippen LogP) is 4.53. The van der Waals surface area contributed by atoms with Gasteiger partial charge < -0.3 is 0 Å². The van der Waals surface area contributed by atoms with E-state index in [0.29, 0.717) is 11.0 Å². The lowest BCUT2D eigenvalue weighted by Gasteiger charge is -2.08. The van der Waals surface area contributed by atoms with Gasteiger partial charge in [-0.05, 0) is 48.2 Å². The van der Waals surface area contributed by atoms with Crippen LogP contribution in [-0.4, -0.2) is 13.4 Å². The summed E-state index contributed by atoms with van der Waals surface area (Å²) in [5.74, 6) is 0.368. The van der Waals surface area contributed by atoms with E-state index in [1.54, 1.807) is 12.1 Å². The van der Waals surface area contributed by atoms with Crippen molar-refractivity contribution in [1.82, 2.24) is 4.98 Å². The zero-order valence-electron chi connectivity index (χ0n) is 13.2. The van der Waals surface area contributed by atoms with Crippen molar-refractivity contribution in [1.29, 1.82) is 0 Å². The van der Waals surface area contributed by atoms with Gasteiger partial charge in [0.05, 0.1) is 15.1 Å². The zero-order valence-corrected chi connectivity index (χ0v) is 14.8. The molecule has 0 aliphatic rings. The second-order valence-corrected chi connectivity index (χ2v) is 8.53. The highest BCUT2D eigenvalue weighted by Gasteiger charge is 2.17. The quantitative estimate of drug-likeness (QED) is 0.755. The largest absolute Gasteiger partial charge is 0.263 e. The molecule has 0 bridgehead atoms. The molecule has 1 heterocycles. The predicted molar refractivity (Wildman–Crippen MR) is 95.7 cm³/mol. The standard InChI is InChI=1S/C17H18N2O2S2/c1-11(2)13-5-7-14(8-6-13)23(20,21)19-17-18-15-9-4-12(3)10-16(15)22-17/h4-11H,1-3H3,(H,18,19). The minimum absolute atomic E-state index is 0.248. The van der Waals surface area contributed by atoms with Crippen molar-refractivity contribution in [2.75, 3.05) is 4.72 Å². The fourth-order valence-electron chi connectivity index (χ4n) is 2.28. The van der Waals surface area contributed by atoms with Gasteiger partial charge in [0.25, 0.3) is 10.0 Å². The molecule has 3 aromatic rings.